The molecular weight excluding hydrogens is 298 g/mol. The quantitative estimate of drug-likeness (QED) is 0.874. The number of hydrogen-bond acceptors (Lipinski definition) is 6. The van der Waals surface area contributed by atoms with Crippen molar-refractivity contribution < 1.29 is 14.3 Å². The highest BCUT2D eigenvalue weighted by Crippen LogP contribution is 2.42. The van der Waals surface area contributed by atoms with Gasteiger partial charge in [-0.2, -0.15) is 10.1 Å². The maximum Gasteiger partial charge on any atom is 0.248 e. The summed E-state index contributed by atoms with van der Waals surface area (Å²) in [7, 11) is 3.10. The van der Waals surface area contributed by atoms with Crippen LogP contribution in [0.25, 0.3) is 0 Å². The molecule has 0 fully saturated rings. The van der Waals surface area contributed by atoms with Crippen molar-refractivity contribution in [1.82, 2.24) is 14.8 Å². The number of primary amides is 1. The van der Waals surface area contributed by atoms with Crippen molar-refractivity contribution >= 4 is 11.9 Å². The van der Waals surface area contributed by atoms with Gasteiger partial charge in [-0.1, -0.05) is 12.1 Å². The second kappa shape index (κ2) is 5.64. The Morgan fingerprint density at radius 2 is 2.13 bits per heavy atom. The van der Waals surface area contributed by atoms with E-state index in [0.29, 0.717) is 34.3 Å². The number of rotatable bonds is 4. The van der Waals surface area contributed by atoms with Crippen LogP contribution in [0, 0.1) is 0 Å². The van der Waals surface area contributed by atoms with Gasteiger partial charge in [0.15, 0.2) is 11.5 Å². The second-order valence-corrected chi connectivity index (χ2v) is 5.04. The predicted molar refractivity (Wildman–Crippen MR) is 83.2 cm³/mol. The molecule has 1 atom stereocenters. The van der Waals surface area contributed by atoms with E-state index in [-0.39, 0.29) is 0 Å². The van der Waals surface area contributed by atoms with Crippen molar-refractivity contribution in [1.29, 1.82) is 0 Å². The zero-order chi connectivity index (χ0) is 16.6. The summed E-state index contributed by atoms with van der Waals surface area (Å²) in [5.74, 6) is 1.08. The molecular formula is C15H17N5O3. The van der Waals surface area contributed by atoms with Crippen LogP contribution in [0.4, 0.5) is 5.95 Å². The van der Waals surface area contributed by atoms with Gasteiger partial charge in [0.1, 0.15) is 12.4 Å². The lowest BCUT2D eigenvalue weighted by Gasteiger charge is -2.29. The van der Waals surface area contributed by atoms with E-state index in [1.807, 2.05) is 12.1 Å². The molecule has 0 saturated heterocycles. The predicted octanol–water partition coefficient (Wildman–Crippen LogP) is 1.07. The third-order valence-electron chi connectivity index (χ3n) is 3.79. The first-order valence-corrected chi connectivity index (χ1v) is 6.96. The van der Waals surface area contributed by atoms with E-state index < -0.39 is 11.9 Å². The van der Waals surface area contributed by atoms with Crippen LogP contribution in [-0.2, 0) is 4.79 Å². The molecule has 23 heavy (non-hydrogen) atoms. The number of amides is 1. The fraction of sp³-hybridized carbons (Fsp3) is 0.267. The van der Waals surface area contributed by atoms with Crippen LogP contribution >= 0.6 is 0 Å². The average molecular weight is 315 g/mol. The van der Waals surface area contributed by atoms with Gasteiger partial charge in [-0.25, -0.2) is 4.68 Å². The highest BCUT2D eigenvalue weighted by atomic mass is 16.5. The minimum Gasteiger partial charge on any atom is -0.493 e. The summed E-state index contributed by atoms with van der Waals surface area (Å²) in [6, 6.07) is 4.91. The summed E-state index contributed by atoms with van der Waals surface area (Å²) in [4.78, 5) is 16.2. The van der Waals surface area contributed by atoms with Crippen LogP contribution in [0.2, 0.25) is 0 Å². The van der Waals surface area contributed by atoms with Crippen molar-refractivity contribution in [2.75, 3.05) is 19.5 Å². The van der Waals surface area contributed by atoms with E-state index in [2.05, 4.69) is 15.4 Å². The fourth-order valence-electron chi connectivity index (χ4n) is 2.82. The first-order valence-electron chi connectivity index (χ1n) is 6.96. The molecule has 8 nitrogen and oxygen atoms in total. The van der Waals surface area contributed by atoms with Gasteiger partial charge in [0.05, 0.1) is 19.8 Å². The number of fused-ring (bicyclic) bond motifs is 1. The van der Waals surface area contributed by atoms with Gasteiger partial charge in [-0.3, -0.25) is 4.79 Å². The monoisotopic (exact) mass is 315 g/mol. The molecule has 1 aliphatic heterocycles. The number of nitrogens with two attached hydrogens (primary N) is 1. The first-order chi connectivity index (χ1) is 11.1. The minimum absolute atomic E-state index is 0.398. The Morgan fingerprint density at radius 3 is 2.78 bits per heavy atom. The maximum atomic E-state index is 12.0. The van der Waals surface area contributed by atoms with Gasteiger partial charge in [-0.15, -0.1) is 0 Å². The van der Waals surface area contributed by atoms with Gasteiger partial charge in [0.2, 0.25) is 11.9 Å². The van der Waals surface area contributed by atoms with Crippen LogP contribution in [0.15, 0.2) is 35.8 Å². The highest BCUT2D eigenvalue weighted by molar-refractivity contribution is 5.95. The maximum absolute atomic E-state index is 12.0. The topological polar surface area (TPSA) is 104 Å². The van der Waals surface area contributed by atoms with Gasteiger partial charge in [0.25, 0.3) is 0 Å². The number of carbonyl (C=O) groups excluding carboxylic acids is 1. The molecule has 3 rings (SSSR count). The average Bonchev–Trinajstić information content (AvgIpc) is 3.00. The molecule has 0 bridgehead atoms. The summed E-state index contributed by atoms with van der Waals surface area (Å²) in [6.45, 7) is 1.78. The lowest BCUT2D eigenvalue weighted by Crippen LogP contribution is -2.32. The van der Waals surface area contributed by atoms with E-state index >= 15 is 0 Å². The largest absolute Gasteiger partial charge is 0.493 e. The van der Waals surface area contributed by atoms with E-state index in [0.717, 1.165) is 0 Å². The Balaban J connectivity index is 2.27. The van der Waals surface area contributed by atoms with Crippen LogP contribution in [0.3, 0.4) is 0 Å². The smallest absolute Gasteiger partial charge is 0.248 e. The lowest BCUT2D eigenvalue weighted by atomic mass is 9.94. The number of hydrogen-bond donors (Lipinski definition) is 2. The third-order valence-corrected chi connectivity index (χ3v) is 3.79. The molecule has 2 heterocycles. The summed E-state index contributed by atoms with van der Waals surface area (Å²) < 4.78 is 12.4. The standard InChI is InChI=1S/C15H17N5O3/c1-8-11(14(16)21)12(20-15(19-8)17-7-18-20)9-5-4-6-10(22-2)13(9)23-3/h4-7,12H,1-3H3,(H2,16,21)(H,17,18,19). The van der Waals surface area contributed by atoms with Gasteiger partial charge in [-0.05, 0) is 13.0 Å². The summed E-state index contributed by atoms with van der Waals surface area (Å²) in [5.41, 5.74) is 7.35. The lowest BCUT2D eigenvalue weighted by molar-refractivity contribution is -0.115. The molecule has 1 amide bonds. The number of benzene rings is 1. The second-order valence-electron chi connectivity index (χ2n) is 5.04. The number of methoxy groups -OCH3 is 2. The van der Waals surface area contributed by atoms with Crippen molar-refractivity contribution in [2.24, 2.45) is 5.73 Å². The SMILES string of the molecule is COc1cccc(C2C(C(N)=O)=C(C)Nc3ncnn32)c1OC. The molecule has 1 aromatic carbocycles. The first kappa shape index (κ1) is 14.9. The van der Waals surface area contributed by atoms with Crippen LogP contribution in [-0.4, -0.2) is 34.9 Å². The number of aromatic nitrogens is 3. The fourth-order valence-corrected chi connectivity index (χ4v) is 2.82. The number of para-hydroxylation sites is 1. The van der Waals surface area contributed by atoms with Crippen LogP contribution < -0.4 is 20.5 Å². The van der Waals surface area contributed by atoms with Crippen molar-refractivity contribution in [3.8, 4) is 11.5 Å². The number of nitrogens with one attached hydrogen (secondary N) is 1. The van der Waals surface area contributed by atoms with Crippen LogP contribution in [0.1, 0.15) is 18.5 Å². The van der Waals surface area contributed by atoms with E-state index in [9.17, 15) is 4.79 Å². The van der Waals surface area contributed by atoms with Crippen LogP contribution in [0.5, 0.6) is 11.5 Å². The normalized spacial score (nSPS) is 16.6. The molecule has 1 unspecified atom stereocenters. The Kier molecular flexibility index (Phi) is 3.65. The Morgan fingerprint density at radius 1 is 1.35 bits per heavy atom. The Hall–Kier alpha value is -3.03. The summed E-state index contributed by atoms with van der Waals surface area (Å²) in [5, 5.41) is 7.25. The molecule has 2 aromatic rings. The van der Waals surface area contributed by atoms with E-state index in [4.69, 9.17) is 15.2 Å². The van der Waals surface area contributed by atoms with E-state index in [1.165, 1.54) is 6.33 Å². The summed E-state index contributed by atoms with van der Waals surface area (Å²) >= 11 is 0. The molecule has 0 saturated carbocycles. The number of nitrogens with zero attached hydrogens (tertiary/aromatic N) is 3. The number of anilines is 1. The van der Waals surface area contributed by atoms with E-state index in [1.54, 1.807) is 31.9 Å². The number of allylic oxidation sites excluding steroid dienone is 1. The molecule has 1 aliphatic rings. The number of ether oxygens (including phenoxy) is 2. The van der Waals surface area contributed by atoms with Crippen molar-refractivity contribution in [3.05, 3.63) is 41.4 Å². The van der Waals surface area contributed by atoms with Gasteiger partial charge < -0.3 is 20.5 Å². The van der Waals surface area contributed by atoms with Crippen molar-refractivity contribution in [3.63, 3.8) is 0 Å². The van der Waals surface area contributed by atoms with Crippen molar-refractivity contribution in [2.45, 2.75) is 13.0 Å². The Bertz CT molecular complexity index is 796. The van der Waals surface area contributed by atoms with Gasteiger partial charge in [0, 0.05) is 11.3 Å². The molecule has 8 heteroatoms. The highest BCUT2D eigenvalue weighted by Gasteiger charge is 2.34. The minimum atomic E-state index is -0.545. The zero-order valence-electron chi connectivity index (χ0n) is 13.0. The molecule has 0 spiro atoms. The van der Waals surface area contributed by atoms with Gasteiger partial charge >= 0.3 is 0 Å². The molecule has 1 aromatic heterocycles. The molecule has 120 valence electrons. The molecule has 3 N–H and O–H groups in total. The summed E-state index contributed by atoms with van der Waals surface area (Å²) in [6.07, 6.45) is 1.42. The molecule has 0 aliphatic carbocycles. The molecule has 0 radical (unpaired) electrons. The third kappa shape index (κ3) is 2.28. The Labute approximate surface area is 132 Å². The number of carbonyl (C=O) groups is 1. The zero-order valence-corrected chi connectivity index (χ0v) is 13.0.